The second kappa shape index (κ2) is 5.09. The Bertz CT molecular complexity index is 484. The average molecular weight is 261 g/mol. The summed E-state index contributed by atoms with van der Waals surface area (Å²) in [5.41, 5.74) is 1.88. The molecule has 1 fully saturated rings. The molecule has 0 spiro atoms. The number of benzene rings is 1. The Kier molecular flexibility index (Phi) is 3.29. The molecule has 1 aromatic carbocycles. The van der Waals surface area contributed by atoms with Crippen LogP contribution < -0.4 is 20.3 Å². The van der Waals surface area contributed by atoms with E-state index in [1.165, 1.54) is 6.42 Å². The van der Waals surface area contributed by atoms with E-state index in [4.69, 9.17) is 4.74 Å². The van der Waals surface area contributed by atoms with Crippen LogP contribution in [-0.2, 0) is 4.79 Å². The Hall–Kier alpha value is -1.75. The first-order chi connectivity index (χ1) is 9.24. The standard InChI is InChI=1S/C14H19N3O2/c1-17-12-6-11(16-8-10-4-5-15-7-10)2-3-13(12)19-9-14(17)18/h2-3,6,10,15-16H,4-5,7-9H2,1H3. The van der Waals surface area contributed by atoms with E-state index in [9.17, 15) is 4.79 Å². The van der Waals surface area contributed by atoms with Crippen molar-refractivity contribution in [1.29, 1.82) is 0 Å². The zero-order valence-electron chi connectivity index (χ0n) is 11.1. The smallest absolute Gasteiger partial charge is 0.264 e. The van der Waals surface area contributed by atoms with Gasteiger partial charge in [-0.2, -0.15) is 0 Å². The molecule has 2 heterocycles. The number of carbonyl (C=O) groups is 1. The number of likely N-dealkylation sites (N-methyl/N-ethyl adjacent to an activating group) is 1. The van der Waals surface area contributed by atoms with Crippen molar-refractivity contribution in [2.45, 2.75) is 6.42 Å². The predicted octanol–water partition coefficient (Wildman–Crippen LogP) is 1.06. The highest BCUT2D eigenvalue weighted by Crippen LogP contribution is 2.33. The fourth-order valence-corrected chi connectivity index (χ4v) is 2.53. The molecule has 1 aromatic rings. The molecule has 2 N–H and O–H groups in total. The summed E-state index contributed by atoms with van der Waals surface area (Å²) in [5, 5.41) is 6.80. The number of hydrogen-bond donors (Lipinski definition) is 2. The summed E-state index contributed by atoms with van der Waals surface area (Å²) in [6.45, 7) is 3.29. The maximum atomic E-state index is 11.6. The van der Waals surface area contributed by atoms with Crippen LogP contribution in [0.5, 0.6) is 5.75 Å². The van der Waals surface area contributed by atoms with Crippen molar-refractivity contribution in [2.75, 3.05) is 43.5 Å². The normalized spacial score (nSPS) is 22.1. The van der Waals surface area contributed by atoms with E-state index in [2.05, 4.69) is 10.6 Å². The molecule has 5 heteroatoms. The van der Waals surface area contributed by atoms with E-state index in [0.29, 0.717) is 5.92 Å². The molecule has 19 heavy (non-hydrogen) atoms. The lowest BCUT2D eigenvalue weighted by molar-refractivity contribution is -0.120. The van der Waals surface area contributed by atoms with Crippen molar-refractivity contribution in [3.63, 3.8) is 0 Å². The molecule has 1 atom stereocenters. The minimum absolute atomic E-state index is 0.00959. The van der Waals surface area contributed by atoms with E-state index in [1.807, 2.05) is 18.2 Å². The molecule has 2 aliphatic heterocycles. The number of ether oxygens (including phenoxy) is 1. The molecular formula is C14H19N3O2. The van der Waals surface area contributed by atoms with Crippen LogP contribution in [0.25, 0.3) is 0 Å². The lowest BCUT2D eigenvalue weighted by Gasteiger charge is -2.26. The SMILES string of the molecule is CN1C(=O)COc2ccc(NCC3CCNC3)cc21. The predicted molar refractivity (Wildman–Crippen MR) is 74.8 cm³/mol. The third-order valence-electron chi connectivity index (χ3n) is 3.80. The molecular weight excluding hydrogens is 242 g/mol. The quantitative estimate of drug-likeness (QED) is 0.854. The minimum atomic E-state index is -0.00959. The molecule has 2 aliphatic rings. The van der Waals surface area contributed by atoms with Crippen molar-refractivity contribution in [3.05, 3.63) is 18.2 Å². The highest BCUT2D eigenvalue weighted by molar-refractivity contribution is 5.97. The highest BCUT2D eigenvalue weighted by atomic mass is 16.5. The van der Waals surface area contributed by atoms with E-state index >= 15 is 0 Å². The van der Waals surface area contributed by atoms with E-state index < -0.39 is 0 Å². The summed E-state index contributed by atoms with van der Waals surface area (Å²) in [6, 6.07) is 5.91. The fourth-order valence-electron chi connectivity index (χ4n) is 2.53. The first-order valence-electron chi connectivity index (χ1n) is 6.72. The maximum Gasteiger partial charge on any atom is 0.264 e. The first kappa shape index (κ1) is 12.3. The molecule has 1 unspecified atom stereocenters. The van der Waals surface area contributed by atoms with Gasteiger partial charge in [0, 0.05) is 19.3 Å². The van der Waals surface area contributed by atoms with Crippen molar-refractivity contribution in [1.82, 2.24) is 5.32 Å². The third kappa shape index (κ3) is 2.51. The van der Waals surface area contributed by atoms with Gasteiger partial charge in [-0.3, -0.25) is 4.79 Å². The van der Waals surface area contributed by atoms with Crippen molar-refractivity contribution < 1.29 is 9.53 Å². The number of fused-ring (bicyclic) bond motifs is 1. The molecule has 0 bridgehead atoms. The molecule has 3 rings (SSSR count). The second-order valence-electron chi connectivity index (χ2n) is 5.16. The van der Waals surface area contributed by atoms with E-state index in [1.54, 1.807) is 11.9 Å². The molecule has 0 aromatic heterocycles. The fraction of sp³-hybridized carbons (Fsp3) is 0.500. The summed E-state index contributed by atoms with van der Waals surface area (Å²) in [6.07, 6.45) is 1.22. The van der Waals surface area contributed by atoms with Crippen LogP contribution in [0.3, 0.4) is 0 Å². The number of nitrogens with zero attached hydrogens (tertiary/aromatic N) is 1. The van der Waals surface area contributed by atoms with Gasteiger partial charge in [0.2, 0.25) is 0 Å². The van der Waals surface area contributed by atoms with Crippen LogP contribution in [0.2, 0.25) is 0 Å². The molecule has 0 radical (unpaired) electrons. The Morgan fingerprint density at radius 3 is 3.21 bits per heavy atom. The van der Waals surface area contributed by atoms with Gasteiger partial charge < -0.3 is 20.3 Å². The first-order valence-corrected chi connectivity index (χ1v) is 6.72. The van der Waals surface area contributed by atoms with Gasteiger partial charge in [0.15, 0.2) is 6.61 Å². The monoisotopic (exact) mass is 261 g/mol. The summed E-state index contributed by atoms with van der Waals surface area (Å²) in [5.74, 6) is 1.45. The number of hydrogen-bond acceptors (Lipinski definition) is 4. The van der Waals surface area contributed by atoms with Gasteiger partial charge in [-0.1, -0.05) is 0 Å². The summed E-state index contributed by atoms with van der Waals surface area (Å²) in [4.78, 5) is 13.3. The Morgan fingerprint density at radius 1 is 1.53 bits per heavy atom. The van der Waals surface area contributed by atoms with Crippen LogP contribution in [-0.4, -0.2) is 39.2 Å². The molecule has 0 aliphatic carbocycles. The number of amides is 1. The topological polar surface area (TPSA) is 53.6 Å². The Balaban J connectivity index is 1.71. The summed E-state index contributed by atoms with van der Waals surface area (Å²) >= 11 is 0. The number of rotatable bonds is 3. The number of nitrogens with one attached hydrogen (secondary N) is 2. The zero-order chi connectivity index (χ0) is 13.2. The van der Waals surface area contributed by atoms with Crippen molar-refractivity contribution >= 4 is 17.3 Å². The minimum Gasteiger partial charge on any atom is -0.482 e. The summed E-state index contributed by atoms with van der Waals surface area (Å²) < 4.78 is 5.41. The van der Waals surface area contributed by atoms with E-state index in [-0.39, 0.29) is 12.5 Å². The van der Waals surface area contributed by atoms with E-state index in [0.717, 1.165) is 36.8 Å². The van der Waals surface area contributed by atoms with Crippen LogP contribution in [0.4, 0.5) is 11.4 Å². The largest absolute Gasteiger partial charge is 0.482 e. The number of anilines is 2. The molecule has 1 saturated heterocycles. The third-order valence-corrected chi connectivity index (χ3v) is 3.80. The van der Waals surface area contributed by atoms with Gasteiger partial charge in [0.05, 0.1) is 5.69 Å². The van der Waals surface area contributed by atoms with Gasteiger partial charge in [0.1, 0.15) is 5.75 Å². The average Bonchev–Trinajstić information content (AvgIpc) is 2.94. The number of carbonyl (C=O) groups excluding carboxylic acids is 1. The lowest BCUT2D eigenvalue weighted by atomic mass is 10.1. The molecule has 0 saturated carbocycles. The van der Waals surface area contributed by atoms with Gasteiger partial charge in [-0.15, -0.1) is 0 Å². The molecule has 102 valence electrons. The van der Waals surface area contributed by atoms with Crippen LogP contribution in [0.1, 0.15) is 6.42 Å². The maximum absolute atomic E-state index is 11.6. The highest BCUT2D eigenvalue weighted by Gasteiger charge is 2.22. The van der Waals surface area contributed by atoms with Gasteiger partial charge in [-0.25, -0.2) is 0 Å². The molecule has 5 nitrogen and oxygen atoms in total. The van der Waals surface area contributed by atoms with Crippen LogP contribution in [0, 0.1) is 5.92 Å². The Labute approximate surface area is 112 Å². The van der Waals surface area contributed by atoms with Crippen LogP contribution >= 0.6 is 0 Å². The molecule has 1 amide bonds. The second-order valence-corrected chi connectivity index (χ2v) is 5.16. The van der Waals surface area contributed by atoms with Crippen LogP contribution in [0.15, 0.2) is 18.2 Å². The van der Waals surface area contributed by atoms with Crippen molar-refractivity contribution in [3.8, 4) is 5.75 Å². The zero-order valence-corrected chi connectivity index (χ0v) is 11.1. The summed E-state index contributed by atoms with van der Waals surface area (Å²) in [7, 11) is 1.79. The van der Waals surface area contributed by atoms with Gasteiger partial charge >= 0.3 is 0 Å². The van der Waals surface area contributed by atoms with Crippen molar-refractivity contribution in [2.24, 2.45) is 5.92 Å². The van der Waals surface area contributed by atoms with Gasteiger partial charge in [0.25, 0.3) is 5.91 Å². The van der Waals surface area contributed by atoms with Gasteiger partial charge in [-0.05, 0) is 43.6 Å². The Morgan fingerprint density at radius 2 is 2.42 bits per heavy atom. The lowest BCUT2D eigenvalue weighted by Crippen LogP contribution is -2.35.